The number of carbonyl (C=O) groups excluding carboxylic acids is 1. The van der Waals surface area contributed by atoms with Crippen LogP contribution in [-0.4, -0.2) is 31.0 Å². The van der Waals surface area contributed by atoms with Crippen molar-refractivity contribution in [1.82, 2.24) is 20.2 Å². The van der Waals surface area contributed by atoms with Gasteiger partial charge in [-0.3, -0.25) is 14.9 Å². The molecule has 2 N–H and O–H groups in total. The number of benzene rings is 2. The van der Waals surface area contributed by atoms with Gasteiger partial charge >= 0.3 is 0 Å². The SMILES string of the molecule is CC1=C(C(=O)Nc2ccccc2)[C@H](c2ccccc2[N+](=O)[O-])n2nnnc2N1. The summed E-state index contributed by atoms with van der Waals surface area (Å²) < 4.78 is 1.37. The van der Waals surface area contributed by atoms with Gasteiger partial charge in [0.1, 0.15) is 6.04 Å². The maximum atomic E-state index is 13.1. The van der Waals surface area contributed by atoms with E-state index in [0.717, 1.165) is 0 Å². The third-order valence-corrected chi connectivity index (χ3v) is 4.42. The Hall–Kier alpha value is -4.08. The number of aromatic nitrogens is 4. The first kappa shape index (κ1) is 17.3. The van der Waals surface area contributed by atoms with Gasteiger partial charge in [-0.1, -0.05) is 35.4 Å². The van der Waals surface area contributed by atoms with Gasteiger partial charge in [-0.15, -0.1) is 0 Å². The Morgan fingerprint density at radius 3 is 2.64 bits per heavy atom. The van der Waals surface area contributed by atoms with E-state index in [1.54, 1.807) is 49.4 Å². The highest BCUT2D eigenvalue weighted by Gasteiger charge is 2.37. The molecular formula is C18H15N7O3. The van der Waals surface area contributed by atoms with E-state index in [1.165, 1.54) is 10.7 Å². The van der Waals surface area contributed by atoms with Crippen LogP contribution in [0.15, 0.2) is 65.9 Å². The molecule has 1 atom stereocenters. The summed E-state index contributed by atoms with van der Waals surface area (Å²) in [5.41, 5.74) is 1.61. The number of nitro groups is 1. The molecule has 0 spiro atoms. The minimum absolute atomic E-state index is 0.117. The van der Waals surface area contributed by atoms with Crippen molar-refractivity contribution in [1.29, 1.82) is 0 Å². The molecule has 28 heavy (non-hydrogen) atoms. The van der Waals surface area contributed by atoms with Gasteiger partial charge in [0.05, 0.1) is 16.1 Å². The first-order chi connectivity index (χ1) is 13.6. The maximum absolute atomic E-state index is 13.1. The fraction of sp³-hybridized carbons (Fsp3) is 0.111. The highest BCUT2D eigenvalue weighted by molar-refractivity contribution is 6.06. The molecule has 2 heterocycles. The first-order valence-electron chi connectivity index (χ1n) is 8.41. The third kappa shape index (κ3) is 2.96. The summed E-state index contributed by atoms with van der Waals surface area (Å²) in [5.74, 6) is -0.0996. The number of allylic oxidation sites excluding steroid dienone is 1. The predicted octanol–water partition coefficient (Wildman–Crippen LogP) is 2.51. The predicted molar refractivity (Wildman–Crippen MR) is 100 cm³/mol. The molecule has 3 aromatic rings. The number of para-hydroxylation sites is 2. The fourth-order valence-corrected chi connectivity index (χ4v) is 3.20. The smallest absolute Gasteiger partial charge is 0.275 e. The molecular weight excluding hydrogens is 362 g/mol. The Kier molecular flexibility index (Phi) is 4.28. The van der Waals surface area contributed by atoms with Gasteiger partial charge in [0.25, 0.3) is 11.6 Å². The van der Waals surface area contributed by atoms with E-state index in [-0.39, 0.29) is 11.3 Å². The molecule has 1 aliphatic heterocycles. The van der Waals surface area contributed by atoms with Gasteiger partial charge < -0.3 is 10.6 Å². The average Bonchev–Trinajstić information content (AvgIpc) is 3.15. The van der Waals surface area contributed by atoms with E-state index in [0.29, 0.717) is 22.9 Å². The van der Waals surface area contributed by atoms with Crippen molar-refractivity contribution in [2.45, 2.75) is 13.0 Å². The lowest BCUT2D eigenvalue weighted by Gasteiger charge is -2.27. The van der Waals surface area contributed by atoms with Crippen LogP contribution in [0.4, 0.5) is 17.3 Å². The normalized spacial score (nSPS) is 15.5. The van der Waals surface area contributed by atoms with Crippen molar-refractivity contribution in [3.8, 4) is 0 Å². The molecule has 0 bridgehead atoms. The van der Waals surface area contributed by atoms with Crippen LogP contribution in [0.1, 0.15) is 18.5 Å². The minimum atomic E-state index is -0.850. The summed E-state index contributed by atoms with van der Waals surface area (Å²) in [5, 5.41) is 28.9. The molecule has 1 aliphatic rings. The number of nitro benzene ring substituents is 1. The molecule has 0 unspecified atom stereocenters. The largest absolute Gasteiger partial charge is 0.326 e. The third-order valence-electron chi connectivity index (χ3n) is 4.42. The number of amides is 1. The van der Waals surface area contributed by atoms with Crippen LogP contribution in [0.5, 0.6) is 0 Å². The van der Waals surface area contributed by atoms with Crippen LogP contribution >= 0.6 is 0 Å². The maximum Gasteiger partial charge on any atom is 0.275 e. The van der Waals surface area contributed by atoms with Crippen molar-refractivity contribution >= 4 is 23.2 Å². The Labute approximate surface area is 159 Å². The number of fused-ring (bicyclic) bond motifs is 1. The Morgan fingerprint density at radius 1 is 1.18 bits per heavy atom. The lowest BCUT2D eigenvalue weighted by atomic mass is 9.93. The summed E-state index contributed by atoms with van der Waals surface area (Å²) in [7, 11) is 0. The number of rotatable bonds is 4. The molecule has 0 aliphatic carbocycles. The van der Waals surface area contributed by atoms with Crippen molar-refractivity contribution in [2.24, 2.45) is 0 Å². The standard InChI is InChI=1S/C18H15N7O3/c1-11-15(17(26)20-12-7-3-2-4-8-12)16(24-18(19-11)21-22-23-24)13-9-5-6-10-14(13)25(27)28/h2-10,16H,1H3,(H,20,26)(H,19,21,23)/t16-/m0/s1. The topological polar surface area (TPSA) is 128 Å². The van der Waals surface area contributed by atoms with E-state index in [9.17, 15) is 14.9 Å². The summed E-state index contributed by atoms with van der Waals surface area (Å²) in [4.78, 5) is 24.2. The highest BCUT2D eigenvalue weighted by Crippen LogP contribution is 2.38. The average molecular weight is 377 g/mol. The zero-order valence-corrected chi connectivity index (χ0v) is 14.7. The molecule has 0 saturated heterocycles. The molecule has 0 saturated carbocycles. The van der Waals surface area contributed by atoms with Gasteiger partial charge in [0.2, 0.25) is 5.95 Å². The lowest BCUT2D eigenvalue weighted by Crippen LogP contribution is -2.31. The first-order valence-corrected chi connectivity index (χ1v) is 8.41. The highest BCUT2D eigenvalue weighted by atomic mass is 16.6. The van der Waals surface area contributed by atoms with E-state index >= 15 is 0 Å². The van der Waals surface area contributed by atoms with Gasteiger partial charge in [0.15, 0.2) is 0 Å². The Bertz CT molecular complexity index is 1090. The minimum Gasteiger partial charge on any atom is -0.326 e. The second kappa shape index (κ2) is 6.91. The number of carbonyl (C=O) groups is 1. The Balaban J connectivity index is 1.84. The van der Waals surface area contributed by atoms with Crippen LogP contribution in [0.3, 0.4) is 0 Å². The number of nitrogens with one attached hydrogen (secondary N) is 2. The Morgan fingerprint density at radius 2 is 1.89 bits per heavy atom. The molecule has 1 aromatic heterocycles. The molecule has 140 valence electrons. The van der Waals surface area contributed by atoms with Crippen LogP contribution in [0, 0.1) is 10.1 Å². The number of nitrogens with zero attached hydrogens (tertiary/aromatic N) is 5. The van der Waals surface area contributed by atoms with Gasteiger partial charge in [-0.2, -0.15) is 4.68 Å². The second-order valence-electron chi connectivity index (χ2n) is 6.15. The van der Waals surface area contributed by atoms with Gasteiger partial charge in [-0.05, 0) is 35.5 Å². The number of anilines is 2. The number of hydrogen-bond acceptors (Lipinski definition) is 7. The molecule has 0 radical (unpaired) electrons. The molecule has 1 amide bonds. The van der Waals surface area contributed by atoms with E-state index in [1.807, 2.05) is 6.07 Å². The number of tetrazole rings is 1. The summed E-state index contributed by atoms with van der Waals surface area (Å²) >= 11 is 0. The van der Waals surface area contributed by atoms with Gasteiger partial charge in [-0.25, -0.2) is 0 Å². The van der Waals surface area contributed by atoms with E-state index in [4.69, 9.17) is 0 Å². The quantitative estimate of drug-likeness (QED) is 0.528. The monoisotopic (exact) mass is 377 g/mol. The fourth-order valence-electron chi connectivity index (χ4n) is 3.20. The van der Waals surface area contributed by atoms with Crippen molar-refractivity contribution in [3.63, 3.8) is 0 Å². The summed E-state index contributed by atoms with van der Waals surface area (Å²) in [6.07, 6.45) is 0. The van der Waals surface area contributed by atoms with E-state index < -0.39 is 16.9 Å². The van der Waals surface area contributed by atoms with Crippen LogP contribution in [-0.2, 0) is 4.79 Å². The van der Waals surface area contributed by atoms with Crippen LogP contribution < -0.4 is 10.6 Å². The van der Waals surface area contributed by atoms with Crippen molar-refractivity contribution < 1.29 is 9.72 Å². The number of hydrogen-bond donors (Lipinski definition) is 2. The molecule has 4 rings (SSSR count). The zero-order chi connectivity index (χ0) is 19.7. The second-order valence-corrected chi connectivity index (χ2v) is 6.15. The molecule has 10 heteroatoms. The van der Waals surface area contributed by atoms with Crippen LogP contribution in [0.2, 0.25) is 0 Å². The van der Waals surface area contributed by atoms with E-state index in [2.05, 4.69) is 26.2 Å². The van der Waals surface area contributed by atoms with Crippen molar-refractivity contribution in [2.75, 3.05) is 10.6 Å². The van der Waals surface area contributed by atoms with Gasteiger partial charge in [0, 0.05) is 17.5 Å². The molecule has 2 aromatic carbocycles. The summed E-state index contributed by atoms with van der Waals surface area (Å²) in [6.45, 7) is 1.71. The summed E-state index contributed by atoms with van der Waals surface area (Å²) in [6, 6.07) is 14.3. The van der Waals surface area contributed by atoms with Crippen molar-refractivity contribution in [3.05, 3.63) is 81.5 Å². The lowest BCUT2D eigenvalue weighted by molar-refractivity contribution is -0.385. The zero-order valence-electron chi connectivity index (χ0n) is 14.7. The molecule has 0 fully saturated rings. The molecule has 10 nitrogen and oxygen atoms in total. The van der Waals surface area contributed by atoms with Crippen LogP contribution in [0.25, 0.3) is 0 Å².